The predicted molar refractivity (Wildman–Crippen MR) is 73.7 cm³/mol. The fraction of sp³-hybridized carbons (Fsp3) is 0.462. The first-order valence-corrected chi connectivity index (χ1v) is 7.64. The van der Waals surface area contributed by atoms with Crippen molar-refractivity contribution in [2.45, 2.75) is 31.2 Å². The molecule has 0 bridgehead atoms. The zero-order valence-electron chi connectivity index (χ0n) is 11.7. The van der Waals surface area contributed by atoms with Crippen LogP contribution < -0.4 is 4.72 Å². The number of phenolic OH excluding ortho intramolecular Hbond substituents is 1. The lowest BCUT2D eigenvalue weighted by Gasteiger charge is -2.18. The van der Waals surface area contributed by atoms with Crippen molar-refractivity contribution in [1.82, 2.24) is 4.72 Å². The molecule has 0 fully saturated rings. The number of aromatic hydroxyl groups is 1. The van der Waals surface area contributed by atoms with E-state index in [1.165, 1.54) is 31.4 Å². The molecule has 6 nitrogen and oxygen atoms in total. The van der Waals surface area contributed by atoms with Gasteiger partial charge in [0.2, 0.25) is 10.0 Å². The van der Waals surface area contributed by atoms with Gasteiger partial charge < -0.3 is 9.84 Å². The van der Waals surface area contributed by atoms with Crippen LogP contribution in [0.15, 0.2) is 29.2 Å². The Morgan fingerprint density at radius 2 is 1.95 bits per heavy atom. The van der Waals surface area contributed by atoms with Gasteiger partial charge in [-0.05, 0) is 24.5 Å². The van der Waals surface area contributed by atoms with Gasteiger partial charge in [-0.3, -0.25) is 4.79 Å². The predicted octanol–water partition coefficient (Wildman–Crippen LogP) is 1.26. The molecule has 7 heteroatoms. The summed E-state index contributed by atoms with van der Waals surface area (Å²) in [7, 11) is -2.79. The van der Waals surface area contributed by atoms with Crippen molar-refractivity contribution in [2.75, 3.05) is 7.11 Å². The Morgan fingerprint density at radius 3 is 2.45 bits per heavy atom. The number of methoxy groups -OCH3 is 1. The Kier molecular flexibility index (Phi) is 5.52. The molecule has 0 aliphatic carbocycles. The van der Waals surface area contributed by atoms with E-state index in [0.717, 1.165) is 0 Å². The summed E-state index contributed by atoms with van der Waals surface area (Å²) in [5.74, 6) is -0.919. The monoisotopic (exact) mass is 301 g/mol. The van der Waals surface area contributed by atoms with Crippen molar-refractivity contribution in [3.05, 3.63) is 24.3 Å². The molecule has 1 unspecified atom stereocenters. The van der Waals surface area contributed by atoms with Crippen molar-refractivity contribution >= 4 is 16.0 Å². The Morgan fingerprint density at radius 1 is 1.35 bits per heavy atom. The SMILES string of the molecule is COC(=O)C(CC(C)C)NS(=O)(=O)c1ccccc1O. The average Bonchev–Trinajstić information content (AvgIpc) is 2.36. The van der Waals surface area contributed by atoms with Crippen molar-refractivity contribution in [3.8, 4) is 5.75 Å². The fourth-order valence-electron chi connectivity index (χ4n) is 1.74. The largest absolute Gasteiger partial charge is 0.507 e. The minimum absolute atomic E-state index is 0.103. The molecule has 1 rings (SSSR count). The minimum atomic E-state index is -3.99. The van der Waals surface area contributed by atoms with Crippen LogP contribution in [0.5, 0.6) is 5.75 Å². The number of para-hydroxylation sites is 1. The highest BCUT2D eigenvalue weighted by atomic mass is 32.2. The summed E-state index contributed by atoms with van der Waals surface area (Å²) >= 11 is 0. The normalized spacial score (nSPS) is 13.2. The second-order valence-electron chi connectivity index (χ2n) is 4.79. The van der Waals surface area contributed by atoms with E-state index >= 15 is 0 Å². The van der Waals surface area contributed by atoms with Crippen LogP contribution in [0.2, 0.25) is 0 Å². The molecule has 1 atom stereocenters. The van der Waals surface area contributed by atoms with Crippen LogP contribution in [-0.2, 0) is 19.6 Å². The highest BCUT2D eigenvalue weighted by molar-refractivity contribution is 7.89. The van der Waals surface area contributed by atoms with Gasteiger partial charge in [0.05, 0.1) is 7.11 Å². The van der Waals surface area contributed by atoms with E-state index in [1.807, 2.05) is 13.8 Å². The molecule has 0 aliphatic rings. The Bertz CT molecular complexity index is 568. The van der Waals surface area contributed by atoms with E-state index in [1.54, 1.807) is 0 Å². The third-order valence-corrected chi connectivity index (χ3v) is 4.16. The number of rotatable bonds is 6. The number of sulfonamides is 1. The lowest BCUT2D eigenvalue weighted by molar-refractivity contribution is -0.143. The van der Waals surface area contributed by atoms with Gasteiger partial charge in [-0.25, -0.2) is 8.42 Å². The molecule has 0 aromatic heterocycles. The highest BCUT2D eigenvalue weighted by Gasteiger charge is 2.28. The number of nitrogens with one attached hydrogen (secondary N) is 1. The number of esters is 1. The van der Waals surface area contributed by atoms with Gasteiger partial charge in [-0.15, -0.1) is 0 Å². The van der Waals surface area contributed by atoms with Crippen molar-refractivity contribution < 1.29 is 23.1 Å². The van der Waals surface area contributed by atoms with Gasteiger partial charge in [0, 0.05) is 0 Å². The van der Waals surface area contributed by atoms with Crippen LogP contribution in [-0.4, -0.2) is 32.6 Å². The van der Waals surface area contributed by atoms with Gasteiger partial charge in [-0.1, -0.05) is 26.0 Å². The molecule has 2 N–H and O–H groups in total. The van der Waals surface area contributed by atoms with Crippen molar-refractivity contribution in [1.29, 1.82) is 0 Å². The van der Waals surface area contributed by atoms with Gasteiger partial charge in [0.25, 0.3) is 0 Å². The van der Waals surface area contributed by atoms with E-state index in [0.29, 0.717) is 6.42 Å². The van der Waals surface area contributed by atoms with Gasteiger partial charge in [-0.2, -0.15) is 4.72 Å². The van der Waals surface area contributed by atoms with Crippen molar-refractivity contribution in [2.24, 2.45) is 5.92 Å². The third kappa shape index (κ3) is 4.21. The van der Waals surface area contributed by atoms with Crippen molar-refractivity contribution in [3.63, 3.8) is 0 Å². The summed E-state index contributed by atoms with van der Waals surface area (Å²) in [5.41, 5.74) is 0. The van der Waals surface area contributed by atoms with Crippen LogP contribution in [0.1, 0.15) is 20.3 Å². The number of benzene rings is 1. The molecule has 112 valence electrons. The highest BCUT2D eigenvalue weighted by Crippen LogP contribution is 2.22. The third-order valence-electron chi connectivity index (χ3n) is 2.64. The van der Waals surface area contributed by atoms with E-state index in [9.17, 15) is 18.3 Å². The summed E-state index contributed by atoms with van der Waals surface area (Å²) in [6.45, 7) is 3.73. The first-order valence-electron chi connectivity index (χ1n) is 6.16. The lowest BCUT2D eigenvalue weighted by atomic mass is 10.1. The Balaban J connectivity index is 3.03. The second kappa shape index (κ2) is 6.71. The molecule has 0 saturated carbocycles. The first-order chi connectivity index (χ1) is 9.27. The smallest absolute Gasteiger partial charge is 0.323 e. The fourth-order valence-corrected chi connectivity index (χ4v) is 3.04. The maximum atomic E-state index is 12.2. The summed E-state index contributed by atoms with van der Waals surface area (Å²) in [5, 5.41) is 9.60. The first kappa shape index (κ1) is 16.5. The Hall–Kier alpha value is -1.60. The molecular formula is C13H19NO5S. The van der Waals surface area contributed by atoms with Gasteiger partial charge >= 0.3 is 5.97 Å². The molecule has 1 aromatic carbocycles. The molecule has 20 heavy (non-hydrogen) atoms. The summed E-state index contributed by atoms with van der Waals surface area (Å²) < 4.78 is 31.2. The molecule has 0 spiro atoms. The number of hydrogen-bond donors (Lipinski definition) is 2. The van der Waals surface area contributed by atoms with Crippen LogP contribution in [0.3, 0.4) is 0 Å². The van der Waals surface area contributed by atoms with E-state index in [4.69, 9.17) is 0 Å². The Labute approximate surface area is 118 Å². The molecule has 0 radical (unpaired) electrons. The molecular weight excluding hydrogens is 282 g/mol. The number of hydrogen-bond acceptors (Lipinski definition) is 5. The molecule has 0 saturated heterocycles. The van der Waals surface area contributed by atoms with Gasteiger partial charge in [0.15, 0.2) is 0 Å². The summed E-state index contributed by atoms with van der Waals surface area (Å²) in [6.07, 6.45) is 0.305. The summed E-state index contributed by atoms with van der Waals surface area (Å²) in [4.78, 5) is 11.4. The maximum Gasteiger partial charge on any atom is 0.323 e. The number of carbonyl (C=O) groups is 1. The van der Waals surface area contributed by atoms with E-state index in [2.05, 4.69) is 9.46 Å². The standard InChI is InChI=1S/C13H19NO5S/c1-9(2)8-10(13(16)19-3)14-20(17,18)12-7-5-4-6-11(12)15/h4-7,9-10,14-15H,8H2,1-3H3. The van der Waals surface area contributed by atoms with Crippen LogP contribution in [0, 0.1) is 5.92 Å². The number of phenols is 1. The number of ether oxygens (including phenoxy) is 1. The lowest BCUT2D eigenvalue weighted by Crippen LogP contribution is -2.42. The molecule has 1 aromatic rings. The topological polar surface area (TPSA) is 92.7 Å². The zero-order chi connectivity index (χ0) is 15.3. The van der Waals surface area contributed by atoms with E-state index in [-0.39, 0.29) is 16.6 Å². The molecule has 0 aliphatic heterocycles. The van der Waals surface area contributed by atoms with Crippen LogP contribution in [0.25, 0.3) is 0 Å². The van der Waals surface area contributed by atoms with Gasteiger partial charge in [0.1, 0.15) is 16.7 Å². The second-order valence-corrected chi connectivity index (χ2v) is 6.48. The van der Waals surface area contributed by atoms with E-state index < -0.39 is 22.0 Å². The number of carbonyl (C=O) groups excluding carboxylic acids is 1. The minimum Gasteiger partial charge on any atom is -0.507 e. The maximum absolute atomic E-state index is 12.2. The summed E-state index contributed by atoms with van der Waals surface area (Å²) in [6, 6.07) is 4.56. The molecule has 0 amide bonds. The molecule has 0 heterocycles. The van der Waals surface area contributed by atoms with Crippen LogP contribution in [0.4, 0.5) is 0 Å². The van der Waals surface area contributed by atoms with Crippen LogP contribution >= 0.6 is 0 Å². The zero-order valence-corrected chi connectivity index (χ0v) is 12.5. The quantitative estimate of drug-likeness (QED) is 0.772. The average molecular weight is 301 g/mol.